The van der Waals surface area contributed by atoms with Crippen LogP contribution < -0.4 is 15.5 Å². The number of nitrogens with zero attached hydrogens (tertiary/aromatic N) is 2. The first kappa shape index (κ1) is 20.1. The number of nitrogens with one attached hydrogen (secondary N) is 2. The largest absolute Gasteiger partial charge is 0.364 e. The minimum Gasteiger partial charge on any atom is -0.364 e. The average Bonchev–Trinajstić information content (AvgIpc) is 3.14. The van der Waals surface area contributed by atoms with Crippen LogP contribution in [0.1, 0.15) is 38.2 Å². The molecule has 2 unspecified atom stereocenters. The lowest BCUT2D eigenvalue weighted by molar-refractivity contribution is 0.324. The monoisotopic (exact) mass is 454 g/mol. The summed E-state index contributed by atoms with van der Waals surface area (Å²) in [4.78, 5) is 6.74. The predicted molar refractivity (Wildman–Crippen MR) is 118 cm³/mol. The van der Waals surface area contributed by atoms with E-state index in [1.165, 1.54) is 36.9 Å². The molecule has 1 aliphatic heterocycles. The van der Waals surface area contributed by atoms with Crippen molar-refractivity contribution < 1.29 is 0 Å². The summed E-state index contributed by atoms with van der Waals surface area (Å²) >= 11 is 0. The smallest absolute Gasteiger partial charge is 0.191 e. The molecule has 1 aromatic rings. The SMILES string of the molecule is CN=C(NCc1ccc(N2CC=CC2)cc1)NC1CCCC(C)C1.I. The molecule has 1 heterocycles. The molecule has 0 amide bonds. The van der Waals surface area contributed by atoms with Crippen molar-refractivity contribution in [2.75, 3.05) is 25.0 Å². The maximum atomic E-state index is 4.38. The van der Waals surface area contributed by atoms with Gasteiger partial charge in [-0.15, -0.1) is 24.0 Å². The highest BCUT2D eigenvalue weighted by atomic mass is 127. The van der Waals surface area contributed by atoms with Crippen LogP contribution in [0.25, 0.3) is 0 Å². The van der Waals surface area contributed by atoms with E-state index in [0.29, 0.717) is 6.04 Å². The van der Waals surface area contributed by atoms with Gasteiger partial charge in [-0.2, -0.15) is 0 Å². The highest BCUT2D eigenvalue weighted by Gasteiger charge is 2.19. The lowest BCUT2D eigenvalue weighted by Crippen LogP contribution is -2.44. The summed E-state index contributed by atoms with van der Waals surface area (Å²) in [5, 5.41) is 7.03. The van der Waals surface area contributed by atoms with Crippen molar-refractivity contribution in [1.82, 2.24) is 10.6 Å². The third-order valence-corrected chi connectivity index (χ3v) is 5.08. The second kappa shape index (κ2) is 10.0. The number of halogens is 1. The topological polar surface area (TPSA) is 39.7 Å². The predicted octanol–water partition coefficient (Wildman–Crippen LogP) is 3.92. The minimum atomic E-state index is 0. The van der Waals surface area contributed by atoms with E-state index in [1.807, 2.05) is 7.05 Å². The molecule has 1 saturated carbocycles. The van der Waals surface area contributed by atoms with Gasteiger partial charge in [0.05, 0.1) is 0 Å². The highest BCUT2D eigenvalue weighted by Crippen LogP contribution is 2.23. The maximum Gasteiger partial charge on any atom is 0.191 e. The standard InChI is InChI=1S/C20H30N4.HI/c1-16-6-5-7-18(14-16)23-20(21-2)22-15-17-8-10-19(11-9-17)24-12-3-4-13-24;/h3-4,8-11,16,18H,5-7,12-15H2,1-2H3,(H2,21,22,23);1H. The third kappa shape index (κ3) is 5.90. The molecule has 2 N–H and O–H groups in total. The minimum absolute atomic E-state index is 0. The molecule has 4 nitrogen and oxygen atoms in total. The van der Waals surface area contributed by atoms with Gasteiger partial charge in [0, 0.05) is 38.4 Å². The summed E-state index contributed by atoms with van der Waals surface area (Å²) < 4.78 is 0. The Kier molecular flexibility index (Phi) is 8.06. The van der Waals surface area contributed by atoms with E-state index in [0.717, 1.165) is 31.5 Å². The van der Waals surface area contributed by atoms with E-state index < -0.39 is 0 Å². The van der Waals surface area contributed by atoms with E-state index in [1.54, 1.807) is 0 Å². The second-order valence-electron chi connectivity index (χ2n) is 7.08. The first-order chi connectivity index (χ1) is 11.7. The van der Waals surface area contributed by atoms with Gasteiger partial charge in [0.1, 0.15) is 0 Å². The fourth-order valence-electron chi connectivity index (χ4n) is 3.65. The number of guanidine groups is 1. The van der Waals surface area contributed by atoms with Gasteiger partial charge in [-0.05, 0) is 36.5 Å². The highest BCUT2D eigenvalue weighted by molar-refractivity contribution is 14.0. The van der Waals surface area contributed by atoms with Crippen LogP contribution in [0.5, 0.6) is 0 Å². The molecular formula is C20H31IN4. The molecule has 2 atom stereocenters. The normalized spacial score (nSPS) is 23.3. The van der Waals surface area contributed by atoms with Gasteiger partial charge in [-0.1, -0.05) is 44.1 Å². The number of hydrogen-bond donors (Lipinski definition) is 2. The zero-order valence-corrected chi connectivity index (χ0v) is 17.7. The van der Waals surface area contributed by atoms with E-state index >= 15 is 0 Å². The van der Waals surface area contributed by atoms with E-state index in [-0.39, 0.29) is 24.0 Å². The number of aliphatic imine (C=N–C) groups is 1. The Morgan fingerprint density at radius 3 is 2.52 bits per heavy atom. The average molecular weight is 454 g/mol. The lowest BCUT2D eigenvalue weighted by atomic mass is 9.87. The first-order valence-corrected chi connectivity index (χ1v) is 9.20. The summed E-state index contributed by atoms with van der Waals surface area (Å²) in [5.41, 5.74) is 2.58. The molecule has 1 fully saturated rings. The molecule has 2 aliphatic rings. The van der Waals surface area contributed by atoms with Crippen molar-refractivity contribution in [3.8, 4) is 0 Å². The quantitative estimate of drug-likeness (QED) is 0.314. The lowest BCUT2D eigenvalue weighted by Gasteiger charge is -2.28. The molecule has 0 spiro atoms. The summed E-state index contributed by atoms with van der Waals surface area (Å²) in [6.07, 6.45) is 9.63. The first-order valence-electron chi connectivity index (χ1n) is 9.20. The van der Waals surface area contributed by atoms with Gasteiger partial charge >= 0.3 is 0 Å². The van der Waals surface area contributed by atoms with Crippen LogP contribution in [0.2, 0.25) is 0 Å². The molecule has 3 rings (SSSR count). The van der Waals surface area contributed by atoms with Crippen LogP contribution in [0.3, 0.4) is 0 Å². The van der Waals surface area contributed by atoms with Crippen LogP contribution in [0.15, 0.2) is 41.4 Å². The zero-order valence-electron chi connectivity index (χ0n) is 15.4. The van der Waals surface area contributed by atoms with Crippen molar-refractivity contribution in [1.29, 1.82) is 0 Å². The van der Waals surface area contributed by atoms with Crippen molar-refractivity contribution in [3.63, 3.8) is 0 Å². The van der Waals surface area contributed by atoms with Crippen LogP contribution >= 0.6 is 24.0 Å². The van der Waals surface area contributed by atoms with E-state index in [2.05, 4.69) is 63.9 Å². The van der Waals surface area contributed by atoms with Crippen molar-refractivity contribution in [3.05, 3.63) is 42.0 Å². The van der Waals surface area contributed by atoms with Crippen molar-refractivity contribution in [2.45, 2.75) is 45.2 Å². The van der Waals surface area contributed by atoms with E-state index in [4.69, 9.17) is 0 Å². The van der Waals surface area contributed by atoms with Gasteiger partial charge in [0.2, 0.25) is 0 Å². The number of benzene rings is 1. The van der Waals surface area contributed by atoms with Gasteiger partial charge in [-0.25, -0.2) is 0 Å². The van der Waals surface area contributed by atoms with Gasteiger partial charge in [-0.3, -0.25) is 4.99 Å². The summed E-state index contributed by atoms with van der Waals surface area (Å²) in [6.45, 7) is 5.20. The second-order valence-corrected chi connectivity index (χ2v) is 7.08. The van der Waals surface area contributed by atoms with Gasteiger partial charge < -0.3 is 15.5 Å². The molecule has 25 heavy (non-hydrogen) atoms. The number of hydrogen-bond acceptors (Lipinski definition) is 2. The summed E-state index contributed by atoms with van der Waals surface area (Å²) in [7, 11) is 1.85. The van der Waals surface area contributed by atoms with Crippen molar-refractivity contribution in [2.24, 2.45) is 10.9 Å². The Balaban J connectivity index is 0.00000225. The Labute approximate surface area is 169 Å². The molecule has 0 radical (unpaired) electrons. The van der Waals surface area contributed by atoms with Crippen LogP contribution in [0, 0.1) is 5.92 Å². The molecule has 1 aliphatic carbocycles. The molecule has 0 saturated heterocycles. The fraction of sp³-hybridized carbons (Fsp3) is 0.550. The molecule has 5 heteroatoms. The Bertz CT molecular complexity index is 574. The van der Waals surface area contributed by atoms with Crippen LogP contribution in [0.4, 0.5) is 5.69 Å². The molecular weight excluding hydrogens is 423 g/mol. The maximum absolute atomic E-state index is 4.38. The Hall–Kier alpha value is -1.24. The van der Waals surface area contributed by atoms with Crippen molar-refractivity contribution >= 4 is 35.6 Å². The zero-order chi connectivity index (χ0) is 16.8. The van der Waals surface area contributed by atoms with Gasteiger partial charge in [0.15, 0.2) is 5.96 Å². The van der Waals surface area contributed by atoms with E-state index in [9.17, 15) is 0 Å². The Morgan fingerprint density at radius 1 is 1.16 bits per heavy atom. The summed E-state index contributed by atoms with van der Waals surface area (Å²) in [5.74, 6) is 1.74. The molecule has 0 bridgehead atoms. The van der Waals surface area contributed by atoms with Crippen LogP contribution in [-0.4, -0.2) is 32.1 Å². The number of anilines is 1. The Morgan fingerprint density at radius 2 is 1.88 bits per heavy atom. The van der Waals surface area contributed by atoms with Gasteiger partial charge in [0.25, 0.3) is 0 Å². The molecule has 0 aromatic heterocycles. The summed E-state index contributed by atoms with van der Waals surface area (Å²) in [6, 6.07) is 9.39. The molecule has 138 valence electrons. The number of rotatable bonds is 4. The fourth-order valence-corrected chi connectivity index (χ4v) is 3.65. The molecule has 1 aromatic carbocycles. The van der Waals surface area contributed by atoms with Crippen LogP contribution in [-0.2, 0) is 6.54 Å². The third-order valence-electron chi connectivity index (χ3n) is 5.08.